The molecular formula is C26H21NO. The van der Waals surface area contributed by atoms with Crippen LogP contribution in [0.1, 0.15) is 26.3 Å². The zero-order valence-electron chi connectivity index (χ0n) is 16.3. The van der Waals surface area contributed by atoms with E-state index in [2.05, 4.69) is 86.4 Å². The molecule has 4 aromatic carbocycles. The SMILES string of the molecule is CC(C)(C)c1coc2c3ccccc3c3c([nH]c4ccc5ccccc5c43)c12. The Morgan fingerprint density at radius 3 is 2.21 bits per heavy atom. The fraction of sp³-hybridized carbons (Fsp3) is 0.154. The zero-order valence-corrected chi connectivity index (χ0v) is 16.3. The van der Waals surface area contributed by atoms with E-state index >= 15 is 0 Å². The van der Waals surface area contributed by atoms with Crippen LogP contribution in [0.25, 0.3) is 54.3 Å². The Morgan fingerprint density at radius 1 is 0.714 bits per heavy atom. The van der Waals surface area contributed by atoms with Crippen molar-refractivity contribution in [2.24, 2.45) is 0 Å². The van der Waals surface area contributed by atoms with E-state index in [4.69, 9.17) is 4.42 Å². The van der Waals surface area contributed by atoms with Crippen LogP contribution in [-0.2, 0) is 5.41 Å². The molecule has 0 aliphatic rings. The van der Waals surface area contributed by atoms with E-state index in [-0.39, 0.29) is 5.41 Å². The average Bonchev–Trinajstić information content (AvgIpc) is 3.30. The fourth-order valence-corrected chi connectivity index (χ4v) is 4.68. The summed E-state index contributed by atoms with van der Waals surface area (Å²) in [6, 6.07) is 21.7. The first kappa shape index (κ1) is 15.8. The Kier molecular flexibility index (Phi) is 2.91. The highest BCUT2D eigenvalue weighted by atomic mass is 16.3. The minimum absolute atomic E-state index is 0.000000472. The second kappa shape index (κ2) is 5.17. The summed E-state index contributed by atoms with van der Waals surface area (Å²) >= 11 is 0. The van der Waals surface area contributed by atoms with Crippen molar-refractivity contribution in [3.8, 4) is 0 Å². The predicted molar refractivity (Wildman–Crippen MR) is 119 cm³/mol. The summed E-state index contributed by atoms with van der Waals surface area (Å²) < 4.78 is 6.16. The van der Waals surface area contributed by atoms with Crippen LogP contribution in [0.5, 0.6) is 0 Å². The molecule has 6 aromatic rings. The molecular weight excluding hydrogens is 342 g/mol. The van der Waals surface area contributed by atoms with Gasteiger partial charge >= 0.3 is 0 Å². The number of rotatable bonds is 0. The number of furan rings is 1. The van der Waals surface area contributed by atoms with E-state index < -0.39 is 0 Å². The van der Waals surface area contributed by atoms with Crippen LogP contribution < -0.4 is 0 Å². The van der Waals surface area contributed by atoms with Crippen molar-refractivity contribution in [1.82, 2.24) is 4.98 Å². The van der Waals surface area contributed by atoms with Gasteiger partial charge in [0.05, 0.1) is 11.8 Å². The van der Waals surface area contributed by atoms with Gasteiger partial charge < -0.3 is 9.40 Å². The van der Waals surface area contributed by atoms with Gasteiger partial charge in [0.25, 0.3) is 0 Å². The lowest BCUT2D eigenvalue weighted by atomic mass is 9.85. The van der Waals surface area contributed by atoms with Crippen LogP contribution in [0, 0.1) is 0 Å². The first-order chi connectivity index (χ1) is 13.5. The van der Waals surface area contributed by atoms with Crippen molar-refractivity contribution in [3.63, 3.8) is 0 Å². The number of aromatic amines is 1. The molecule has 0 unspecified atom stereocenters. The Hall–Kier alpha value is -3.26. The third-order valence-corrected chi connectivity index (χ3v) is 5.98. The smallest absolute Gasteiger partial charge is 0.144 e. The van der Waals surface area contributed by atoms with Gasteiger partial charge in [0, 0.05) is 32.6 Å². The maximum absolute atomic E-state index is 6.16. The minimum Gasteiger partial charge on any atom is -0.463 e. The third-order valence-electron chi connectivity index (χ3n) is 5.98. The fourth-order valence-electron chi connectivity index (χ4n) is 4.68. The van der Waals surface area contributed by atoms with Crippen molar-refractivity contribution >= 4 is 54.3 Å². The first-order valence-electron chi connectivity index (χ1n) is 9.79. The van der Waals surface area contributed by atoms with Gasteiger partial charge in [0.2, 0.25) is 0 Å². The summed E-state index contributed by atoms with van der Waals surface area (Å²) in [5, 5.41) is 8.77. The number of aromatic nitrogens is 1. The van der Waals surface area contributed by atoms with Crippen LogP contribution in [0.3, 0.4) is 0 Å². The number of hydrogen-bond donors (Lipinski definition) is 1. The standard InChI is InChI=1S/C26H21NO/c1-26(2,3)19-14-28-25-18-11-7-6-10-17(18)22-21-16-9-5-4-8-15(16)12-13-20(21)27-24(22)23(19)25/h4-14,27H,1-3H3. The first-order valence-corrected chi connectivity index (χ1v) is 9.79. The molecule has 0 amide bonds. The van der Waals surface area contributed by atoms with Crippen LogP contribution in [-0.4, -0.2) is 4.98 Å². The number of hydrogen-bond acceptors (Lipinski definition) is 1. The monoisotopic (exact) mass is 363 g/mol. The van der Waals surface area contributed by atoms with Gasteiger partial charge in [-0.15, -0.1) is 0 Å². The van der Waals surface area contributed by atoms with Gasteiger partial charge in [-0.2, -0.15) is 0 Å². The second-order valence-electron chi connectivity index (χ2n) is 8.73. The average molecular weight is 363 g/mol. The van der Waals surface area contributed by atoms with Gasteiger partial charge in [-0.25, -0.2) is 0 Å². The number of H-pyrrole nitrogens is 1. The highest BCUT2D eigenvalue weighted by Crippen LogP contribution is 2.45. The van der Waals surface area contributed by atoms with Crippen LogP contribution in [0.2, 0.25) is 0 Å². The molecule has 0 atom stereocenters. The Balaban J connectivity index is 2.00. The van der Waals surface area contributed by atoms with E-state index in [1.54, 1.807) is 0 Å². The van der Waals surface area contributed by atoms with E-state index in [1.165, 1.54) is 54.3 Å². The van der Waals surface area contributed by atoms with Gasteiger partial charge in [0.15, 0.2) is 0 Å². The second-order valence-corrected chi connectivity index (χ2v) is 8.73. The molecule has 0 aliphatic carbocycles. The van der Waals surface area contributed by atoms with E-state index in [0.29, 0.717) is 0 Å². The summed E-state index contributed by atoms with van der Waals surface area (Å²) in [6.07, 6.45) is 1.94. The van der Waals surface area contributed by atoms with Crippen molar-refractivity contribution in [1.29, 1.82) is 0 Å². The maximum Gasteiger partial charge on any atom is 0.144 e. The third kappa shape index (κ3) is 1.92. The van der Waals surface area contributed by atoms with E-state index in [1.807, 2.05) is 6.26 Å². The topological polar surface area (TPSA) is 28.9 Å². The molecule has 0 saturated heterocycles. The van der Waals surface area contributed by atoms with Crippen LogP contribution in [0.4, 0.5) is 0 Å². The molecule has 0 fully saturated rings. The van der Waals surface area contributed by atoms with Gasteiger partial charge in [0.1, 0.15) is 5.58 Å². The molecule has 0 aliphatic heterocycles. The highest BCUT2D eigenvalue weighted by Gasteiger charge is 2.25. The molecule has 2 aromatic heterocycles. The van der Waals surface area contributed by atoms with Crippen molar-refractivity contribution < 1.29 is 4.42 Å². The van der Waals surface area contributed by atoms with Crippen molar-refractivity contribution in [2.75, 3.05) is 0 Å². The Bertz CT molecular complexity index is 1540. The zero-order chi connectivity index (χ0) is 19.0. The molecule has 2 heteroatoms. The predicted octanol–water partition coefficient (Wildman–Crippen LogP) is 7.67. The summed E-state index contributed by atoms with van der Waals surface area (Å²) in [4.78, 5) is 3.74. The largest absolute Gasteiger partial charge is 0.463 e. The molecule has 136 valence electrons. The minimum atomic E-state index is -0.000000472. The van der Waals surface area contributed by atoms with Gasteiger partial charge in [-0.05, 0) is 27.6 Å². The lowest BCUT2D eigenvalue weighted by Gasteiger charge is -2.17. The Labute approximate surface area is 162 Å². The van der Waals surface area contributed by atoms with Gasteiger partial charge in [-0.3, -0.25) is 0 Å². The summed E-state index contributed by atoms with van der Waals surface area (Å²) in [5.74, 6) is 0. The summed E-state index contributed by atoms with van der Waals surface area (Å²) in [7, 11) is 0. The highest BCUT2D eigenvalue weighted by molar-refractivity contribution is 6.34. The molecule has 6 rings (SSSR count). The van der Waals surface area contributed by atoms with Crippen LogP contribution >= 0.6 is 0 Å². The molecule has 0 spiro atoms. The van der Waals surface area contributed by atoms with Crippen molar-refractivity contribution in [2.45, 2.75) is 26.2 Å². The molecule has 28 heavy (non-hydrogen) atoms. The maximum atomic E-state index is 6.16. The molecule has 0 bridgehead atoms. The molecule has 2 nitrogen and oxygen atoms in total. The molecule has 0 saturated carbocycles. The quantitative estimate of drug-likeness (QED) is 0.295. The number of nitrogens with one attached hydrogen (secondary N) is 1. The number of benzene rings is 4. The summed E-state index contributed by atoms with van der Waals surface area (Å²) in [5.41, 5.74) is 4.57. The molecule has 0 radical (unpaired) electrons. The lowest BCUT2D eigenvalue weighted by molar-refractivity contribution is 0.558. The normalized spacial score (nSPS) is 12.8. The Morgan fingerprint density at radius 2 is 1.43 bits per heavy atom. The van der Waals surface area contributed by atoms with Crippen molar-refractivity contribution in [3.05, 3.63) is 72.5 Å². The van der Waals surface area contributed by atoms with Crippen LogP contribution in [0.15, 0.2) is 71.3 Å². The lowest BCUT2D eigenvalue weighted by Crippen LogP contribution is -2.10. The number of fused-ring (bicyclic) bond motifs is 10. The molecule has 1 N–H and O–H groups in total. The molecule has 2 heterocycles. The van der Waals surface area contributed by atoms with E-state index in [9.17, 15) is 0 Å². The summed E-state index contributed by atoms with van der Waals surface area (Å²) in [6.45, 7) is 6.74. The van der Waals surface area contributed by atoms with E-state index in [0.717, 1.165) is 5.58 Å². The van der Waals surface area contributed by atoms with Gasteiger partial charge in [-0.1, -0.05) is 75.4 Å².